The fraction of sp³-hybridized carbons (Fsp3) is 0.559. The summed E-state index contributed by atoms with van der Waals surface area (Å²) >= 11 is 0. The number of ether oxygens (including phenoxy) is 3. The Labute approximate surface area is 252 Å². The summed E-state index contributed by atoms with van der Waals surface area (Å²) in [6, 6.07) is 5.78. The van der Waals surface area contributed by atoms with Crippen molar-refractivity contribution in [2.24, 2.45) is 16.2 Å². The largest absolute Gasteiger partial charge is 0.541 e. The van der Waals surface area contributed by atoms with Crippen molar-refractivity contribution < 1.29 is 28.2 Å². The van der Waals surface area contributed by atoms with Gasteiger partial charge in [0.25, 0.3) is 8.32 Å². The standard InChI is InChI=1S/C34H47NO6Si/c1-30(2,3)42(11,12)41-26-14-13-24(21-27(26)38-10)15-18-34(39-19-20-40-34)32(6,7)28(36)16-17-33(8)22-25(35-9)29(37)31(4,5)23-33/h13-18,21-22H,19-20,23H2,1-8,10-12H3/t33-/m0/s1. The summed E-state index contributed by atoms with van der Waals surface area (Å²) in [4.78, 5) is 29.8. The van der Waals surface area contributed by atoms with Crippen molar-refractivity contribution in [1.29, 1.82) is 0 Å². The molecule has 1 fully saturated rings. The van der Waals surface area contributed by atoms with E-state index >= 15 is 0 Å². The summed E-state index contributed by atoms with van der Waals surface area (Å²) in [5.74, 6) is -0.280. The van der Waals surface area contributed by atoms with Gasteiger partial charge in [-0.25, -0.2) is 4.85 Å². The molecule has 1 aromatic carbocycles. The van der Waals surface area contributed by atoms with Crippen LogP contribution in [0.15, 0.2) is 48.2 Å². The Bertz CT molecular complexity index is 1350. The average Bonchev–Trinajstić information content (AvgIpc) is 3.38. The highest BCUT2D eigenvalue weighted by Gasteiger charge is 2.52. The predicted molar refractivity (Wildman–Crippen MR) is 169 cm³/mol. The maximum Gasteiger partial charge on any atom is 0.250 e. The van der Waals surface area contributed by atoms with Gasteiger partial charge in [-0.2, -0.15) is 0 Å². The second-order valence-corrected chi connectivity index (χ2v) is 19.1. The van der Waals surface area contributed by atoms with E-state index in [0.29, 0.717) is 31.1 Å². The summed E-state index contributed by atoms with van der Waals surface area (Å²) in [5.41, 5.74) is -1.42. The van der Waals surface area contributed by atoms with Gasteiger partial charge in [0.15, 0.2) is 17.3 Å². The number of hydrogen-bond acceptors (Lipinski definition) is 6. The second-order valence-electron chi connectivity index (χ2n) is 14.3. The normalized spacial score (nSPS) is 22.7. The second kappa shape index (κ2) is 11.6. The predicted octanol–water partition coefficient (Wildman–Crippen LogP) is 7.80. The van der Waals surface area contributed by atoms with E-state index in [0.717, 1.165) is 5.56 Å². The van der Waals surface area contributed by atoms with E-state index in [2.05, 4.69) is 38.7 Å². The number of ketones is 2. The van der Waals surface area contributed by atoms with Crippen LogP contribution in [0.3, 0.4) is 0 Å². The van der Waals surface area contributed by atoms with Crippen LogP contribution in [0.25, 0.3) is 10.9 Å². The lowest BCUT2D eigenvalue weighted by Crippen LogP contribution is -2.48. The molecule has 0 spiro atoms. The molecule has 228 valence electrons. The van der Waals surface area contributed by atoms with Crippen LogP contribution >= 0.6 is 0 Å². The summed E-state index contributed by atoms with van der Waals surface area (Å²) in [6.45, 7) is 28.4. The van der Waals surface area contributed by atoms with Crippen LogP contribution in [-0.4, -0.2) is 46.0 Å². The maximum atomic E-state index is 13.7. The van der Waals surface area contributed by atoms with Gasteiger partial charge in [0.05, 0.1) is 32.3 Å². The minimum absolute atomic E-state index is 0.0459. The van der Waals surface area contributed by atoms with E-state index in [-0.39, 0.29) is 22.3 Å². The zero-order valence-electron chi connectivity index (χ0n) is 27.1. The molecule has 7 nitrogen and oxygen atoms in total. The van der Waals surface area contributed by atoms with Crippen molar-refractivity contribution in [3.05, 3.63) is 65.2 Å². The minimum Gasteiger partial charge on any atom is -0.541 e. The van der Waals surface area contributed by atoms with E-state index < -0.39 is 30.3 Å². The molecule has 0 saturated carbocycles. The Balaban J connectivity index is 1.89. The van der Waals surface area contributed by atoms with Gasteiger partial charge in [0.1, 0.15) is 5.75 Å². The number of allylic oxidation sites excluding steroid dienone is 4. The Morgan fingerprint density at radius 1 is 1.05 bits per heavy atom. The number of benzene rings is 1. The van der Waals surface area contributed by atoms with E-state index in [1.165, 1.54) is 0 Å². The van der Waals surface area contributed by atoms with E-state index in [4.69, 9.17) is 25.2 Å². The molecular weight excluding hydrogens is 546 g/mol. The number of rotatable bonds is 9. The molecule has 1 saturated heterocycles. The van der Waals surface area contributed by atoms with Crippen molar-refractivity contribution in [2.45, 2.75) is 85.7 Å². The Morgan fingerprint density at radius 2 is 1.67 bits per heavy atom. The van der Waals surface area contributed by atoms with E-state index in [1.54, 1.807) is 31.4 Å². The third-order valence-electron chi connectivity index (χ3n) is 8.93. The van der Waals surface area contributed by atoms with Crippen molar-refractivity contribution in [1.82, 2.24) is 0 Å². The number of Topliss-reactive ketones (excluding diaryl/α,β-unsaturated/α-hetero) is 1. The number of methoxy groups -OCH3 is 1. The molecule has 0 radical (unpaired) electrons. The summed E-state index contributed by atoms with van der Waals surface area (Å²) in [7, 11) is -0.435. The van der Waals surface area contributed by atoms with Crippen LogP contribution in [0, 0.1) is 22.8 Å². The average molecular weight is 594 g/mol. The molecule has 0 bridgehead atoms. The molecule has 0 N–H and O–H groups in total. The van der Waals surface area contributed by atoms with Gasteiger partial charge in [-0.15, -0.1) is 0 Å². The number of nitrogens with zero attached hydrogens (tertiary/aromatic N) is 1. The minimum atomic E-state index is -2.06. The molecule has 3 rings (SSSR count). The zero-order valence-corrected chi connectivity index (χ0v) is 28.1. The summed E-state index contributed by atoms with van der Waals surface area (Å²) < 4.78 is 24.4. The maximum absolute atomic E-state index is 13.7. The van der Waals surface area contributed by atoms with Crippen molar-refractivity contribution >= 4 is 26.0 Å². The van der Waals surface area contributed by atoms with Gasteiger partial charge in [-0.1, -0.05) is 65.8 Å². The van der Waals surface area contributed by atoms with Gasteiger partial charge < -0.3 is 23.4 Å². The molecule has 0 amide bonds. The van der Waals surface area contributed by atoms with Crippen LogP contribution in [0.2, 0.25) is 18.1 Å². The third kappa shape index (κ3) is 6.64. The van der Waals surface area contributed by atoms with E-state index in [1.807, 2.05) is 58.9 Å². The lowest BCUT2D eigenvalue weighted by Gasteiger charge is -2.39. The number of hydrogen-bond donors (Lipinski definition) is 0. The zero-order chi connectivity index (χ0) is 31.8. The molecule has 42 heavy (non-hydrogen) atoms. The first kappa shape index (κ1) is 33.5. The van der Waals surface area contributed by atoms with Gasteiger partial charge in [0, 0.05) is 5.41 Å². The molecule has 0 aromatic heterocycles. The highest BCUT2D eigenvalue weighted by molar-refractivity contribution is 6.74. The highest BCUT2D eigenvalue weighted by Crippen LogP contribution is 2.46. The lowest BCUT2D eigenvalue weighted by atomic mass is 9.66. The fourth-order valence-corrected chi connectivity index (χ4v) is 6.27. The lowest BCUT2D eigenvalue weighted by molar-refractivity contribution is -0.191. The molecule has 8 heteroatoms. The van der Waals surface area contributed by atoms with E-state index in [9.17, 15) is 9.59 Å². The van der Waals surface area contributed by atoms with Crippen molar-refractivity contribution in [2.75, 3.05) is 20.3 Å². The quantitative estimate of drug-likeness (QED) is 0.165. The SMILES string of the molecule is [C-]#[N+]C1=C[C@](C)(C=CC(=O)C(C)(C)C2(C=Cc3ccc(O[Si](C)(C)C(C)(C)C)c(OC)c3)OCCO2)CC(C)(C)C1=O. The first-order valence-corrected chi connectivity index (χ1v) is 17.4. The van der Waals surface area contributed by atoms with Crippen molar-refractivity contribution in [3.63, 3.8) is 0 Å². The van der Waals surface area contributed by atoms with Gasteiger partial charge in [0.2, 0.25) is 11.5 Å². The van der Waals surface area contributed by atoms with Gasteiger partial charge >= 0.3 is 0 Å². The number of carbonyl (C=O) groups is 2. The van der Waals surface area contributed by atoms with Crippen LogP contribution in [0.5, 0.6) is 11.5 Å². The molecular formula is C34H47NO6Si. The van der Waals surface area contributed by atoms with Crippen LogP contribution < -0.4 is 9.16 Å². The Kier molecular flexibility index (Phi) is 9.25. The molecule has 1 aliphatic carbocycles. The summed E-state index contributed by atoms with van der Waals surface area (Å²) in [6.07, 6.45) is 9.20. The Morgan fingerprint density at radius 3 is 2.21 bits per heavy atom. The molecule has 1 aromatic rings. The molecule has 1 heterocycles. The monoisotopic (exact) mass is 593 g/mol. The van der Waals surface area contributed by atoms with Crippen LogP contribution in [0.1, 0.15) is 67.4 Å². The smallest absolute Gasteiger partial charge is 0.250 e. The molecule has 2 aliphatic rings. The molecule has 0 unspecified atom stereocenters. The topological polar surface area (TPSA) is 75.4 Å². The first-order chi connectivity index (χ1) is 19.2. The van der Waals surface area contributed by atoms with Crippen molar-refractivity contribution in [3.8, 4) is 11.5 Å². The summed E-state index contributed by atoms with van der Waals surface area (Å²) in [5, 5.41) is 0.0459. The Hall–Kier alpha value is -2.99. The molecule has 1 aliphatic heterocycles. The van der Waals surface area contributed by atoms with Crippen LogP contribution in [-0.2, 0) is 19.1 Å². The van der Waals surface area contributed by atoms with Gasteiger partial charge in [-0.3, -0.25) is 4.79 Å². The first-order valence-electron chi connectivity index (χ1n) is 14.5. The van der Waals surface area contributed by atoms with Crippen LogP contribution in [0.4, 0.5) is 0 Å². The number of carbonyl (C=O) groups excluding carboxylic acids is 2. The molecule has 1 atom stereocenters. The fourth-order valence-electron chi connectivity index (χ4n) is 5.24. The van der Waals surface area contributed by atoms with Gasteiger partial charge in [-0.05, 0) is 73.7 Å². The highest BCUT2D eigenvalue weighted by atomic mass is 28.4. The third-order valence-corrected chi connectivity index (χ3v) is 13.3.